The molecule has 7 rings (SSSR count). The molecule has 2 saturated heterocycles. The Labute approximate surface area is 241 Å². The number of morpholine rings is 1. The number of aromatic nitrogens is 4. The first kappa shape index (κ1) is 25.9. The van der Waals surface area contributed by atoms with Crippen LogP contribution in [0.1, 0.15) is 24.1 Å². The van der Waals surface area contributed by atoms with Gasteiger partial charge in [0.05, 0.1) is 18.9 Å². The fraction of sp³-hybridized carbons (Fsp3) is 0.333. The standard InChI is InChI=1S/C30H31N7O3S/c1-20-22(17-35-10-2-3-11-35)18-37(34-20)26-8-9-31-30(33-26)32-23-6-4-21(5-7-23)24-19-41-29-25(38)16-27(40-28(24)29)36-12-14-39-15-13-36/h4-9,16,18-19H,2-3,10-15,17H2,1H3,(H,31,32,33). The number of aryl methyl sites for hydroxylation is 1. The van der Waals surface area contributed by atoms with Gasteiger partial charge in [0.25, 0.3) is 0 Å². The van der Waals surface area contributed by atoms with Gasteiger partial charge in [-0.1, -0.05) is 12.1 Å². The molecule has 4 aromatic heterocycles. The smallest absolute Gasteiger partial charge is 0.229 e. The van der Waals surface area contributed by atoms with Crippen LogP contribution < -0.4 is 15.6 Å². The fourth-order valence-electron chi connectivity index (χ4n) is 5.42. The first-order valence-electron chi connectivity index (χ1n) is 14.0. The largest absolute Gasteiger partial charge is 0.439 e. The van der Waals surface area contributed by atoms with E-state index in [0.29, 0.717) is 54.2 Å². The highest BCUT2D eigenvalue weighted by Gasteiger charge is 2.19. The van der Waals surface area contributed by atoms with Gasteiger partial charge in [0.1, 0.15) is 4.70 Å². The zero-order valence-corrected chi connectivity index (χ0v) is 23.7. The zero-order chi connectivity index (χ0) is 27.8. The van der Waals surface area contributed by atoms with Crippen LogP contribution in [0.15, 0.2) is 63.4 Å². The summed E-state index contributed by atoms with van der Waals surface area (Å²) in [5, 5.41) is 10.00. The van der Waals surface area contributed by atoms with Crippen LogP contribution in [0, 0.1) is 6.92 Å². The van der Waals surface area contributed by atoms with Gasteiger partial charge in [0, 0.05) is 66.4 Å². The molecule has 2 aliphatic rings. The van der Waals surface area contributed by atoms with E-state index in [0.717, 1.165) is 42.1 Å². The van der Waals surface area contributed by atoms with E-state index in [1.54, 1.807) is 12.3 Å². The second-order valence-electron chi connectivity index (χ2n) is 10.5. The van der Waals surface area contributed by atoms with Crippen molar-refractivity contribution in [1.29, 1.82) is 0 Å². The highest BCUT2D eigenvalue weighted by molar-refractivity contribution is 7.17. The monoisotopic (exact) mass is 569 g/mol. The number of rotatable bonds is 7. The second-order valence-corrected chi connectivity index (χ2v) is 11.3. The number of fused-ring (bicyclic) bond motifs is 1. The molecule has 6 heterocycles. The number of anilines is 3. The summed E-state index contributed by atoms with van der Waals surface area (Å²) < 4.78 is 14.2. The molecule has 210 valence electrons. The third kappa shape index (κ3) is 5.35. The SMILES string of the molecule is Cc1nn(-c2ccnc(Nc3ccc(-c4csc5c(=O)cc(N6CCOCC6)oc45)cc3)n2)cc1CN1CCCC1. The van der Waals surface area contributed by atoms with Gasteiger partial charge in [-0.3, -0.25) is 9.69 Å². The van der Waals surface area contributed by atoms with E-state index in [-0.39, 0.29) is 5.43 Å². The van der Waals surface area contributed by atoms with Crippen molar-refractivity contribution in [2.75, 3.05) is 49.6 Å². The van der Waals surface area contributed by atoms with Crippen LogP contribution in [0.2, 0.25) is 0 Å². The first-order chi connectivity index (χ1) is 20.1. The molecule has 11 heteroatoms. The minimum atomic E-state index is -0.0187. The summed E-state index contributed by atoms with van der Waals surface area (Å²) in [6.07, 6.45) is 6.35. The molecule has 2 aliphatic heterocycles. The van der Waals surface area contributed by atoms with Crippen LogP contribution >= 0.6 is 11.3 Å². The van der Waals surface area contributed by atoms with Crippen LogP contribution in [0.25, 0.3) is 27.2 Å². The molecule has 0 atom stereocenters. The molecule has 0 amide bonds. The number of nitrogens with one attached hydrogen (secondary N) is 1. The molecular formula is C30H31N7O3S. The molecular weight excluding hydrogens is 538 g/mol. The highest BCUT2D eigenvalue weighted by Crippen LogP contribution is 2.35. The molecule has 0 unspecified atom stereocenters. The number of nitrogens with zero attached hydrogens (tertiary/aromatic N) is 6. The minimum absolute atomic E-state index is 0.0187. The molecule has 0 radical (unpaired) electrons. The van der Waals surface area contributed by atoms with Crippen molar-refractivity contribution in [3.05, 3.63) is 75.7 Å². The van der Waals surface area contributed by atoms with Crippen LogP contribution in [0.5, 0.6) is 0 Å². The van der Waals surface area contributed by atoms with Crippen LogP contribution in [-0.2, 0) is 11.3 Å². The lowest BCUT2D eigenvalue weighted by atomic mass is 10.1. The van der Waals surface area contributed by atoms with E-state index < -0.39 is 0 Å². The van der Waals surface area contributed by atoms with Crippen LogP contribution in [0.4, 0.5) is 17.5 Å². The van der Waals surface area contributed by atoms with Gasteiger partial charge in [-0.2, -0.15) is 10.1 Å². The van der Waals surface area contributed by atoms with Crippen molar-refractivity contribution in [3.63, 3.8) is 0 Å². The van der Waals surface area contributed by atoms with Gasteiger partial charge in [-0.15, -0.1) is 11.3 Å². The summed E-state index contributed by atoms with van der Waals surface area (Å²) >= 11 is 1.41. The summed E-state index contributed by atoms with van der Waals surface area (Å²) in [6, 6.07) is 11.4. The minimum Gasteiger partial charge on any atom is -0.439 e. The number of hydrogen-bond donors (Lipinski definition) is 1. The predicted molar refractivity (Wildman–Crippen MR) is 161 cm³/mol. The molecule has 0 spiro atoms. The van der Waals surface area contributed by atoms with Crippen molar-refractivity contribution in [2.24, 2.45) is 0 Å². The topological polar surface area (TPSA) is 102 Å². The number of thiophene rings is 1. The molecule has 2 fully saturated rings. The maximum atomic E-state index is 12.8. The zero-order valence-electron chi connectivity index (χ0n) is 22.9. The Balaban J connectivity index is 1.09. The lowest BCUT2D eigenvalue weighted by molar-refractivity contribution is 0.121. The van der Waals surface area contributed by atoms with Crippen LogP contribution in [-0.4, -0.2) is 64.0 Å². The molecule has 41 heavy (non-hydrogen) atoms. The number of ether oxygens (including phenoxy) is 1. The van der Waals surface area contributed by atoms with E-state index in [9.17, 15) is 4.79 Å². The summed E-state index contributed by atoms with van der Waals surface area (Å²) in [5.74, 6) is 1.80. The van der Waals surface area contributed by atoms with Gasteiger partial charge in [0.15, 0.2) is 17.3 Å². The molecule has 1 aromatic carbocycles. The average molecular weight is 570 g/mol. The van der Waals surface area contributed by atoms with E-state index in [1.807, 2.05) is 40.4 Å². The molecule has 10 nitrogen and oxygen atoms in total. The van der Waals surface area contributed by atoms with Crippen LogP contribution in [0.3, 0.4) is 0 Å². The Morgan fingerprint density at radius 2 is 1.85 bits per heavy atom. The second kappa shape index (κ2) is 11.1. The number of hydrogen-bond acceptors (Lipinski definition) is 10. The quantitative estimate of drug-likeness (QED) is 0.291. The Kier molecular flexibility index (Phi) is 6.99. The van der Waals surface area contributed by atoms with Gasteiger partial charge >= 0.3 is 0 Å². The third-order valence-corrected chi connectivity index (χ3v) is 8.65. The summed E-state index contributed by atoms with van der Waals surface area (Å²) in [4.78, 5) is 26.5. The molecule has 1 N–H and O–H groups in total. The maximum Gasteiger partial charge on any atom is 0.229 e. The van der Waals surface area contributed by atoms with E-state index in [1.165, 1.54) is 29.7 Å². The summed E-state index contributed by atoms with van der Waals surface area (Å²) in [5.41, 5.74) is 5.58. The Hall–Kier alpha value is -4.06. The average Bonchev–Trinajstić information content (AvgIpc) is 3.75. The van der Waals surface area contributed by atoms with Crippen molar-refractivity contribution >= 4 is 39.1 Å². The Morgan fingerprint density at radius 3 is 2.66 bits per heavy atom. The lowest BCUT2D eigenvalue weighted by Gasteiger charge is -2.27. The fourth-order valence-corrected chi connectivity index (χ4v) is 6.33. The molecule has 5 aromatic rings. The van der Waals surface area contributed by atoms with E-state index in [4.69, 9.17) is 19.2 Å². The molecule has 0 aliphatic carbocycles. The van der Waals surface area contributed by atoms with Gasteiger partial charge in [-0.05, 0) is 50.6 Å². The van der Waals surface area contributed by atoms with Crippen molar-refractivity contribution < 1.29 is 9.15 Å². The summed E-state index contributed by atoms with van der Waals surface area (Å²) in [6.45, 7) is 7.94. The number of likely N-dealkylation sites (tertiary alicyclic amines) is 1. The molecule has 0 bridgehead atoms. The summed E-state index contributed by atoms with van der Waals surface area (Å²) in [7, 11) is 0. The normalized spacial score (nSPS) is 16.1. The first-order valence-corrected chi connectivity index (χ1v) is 14.9. The van der Waals surface area contributed by atoms with Crippen molar-refractivity contribution in [2.45, 2.75) is 26.3 Å². The predicted octanol–water partition coefficient (Wildman–Crippen LogP) is 4.98. The maximum absolute atomic E-state index is 12.8. The van der Waals surface area contributed by atoms with Gasteiger partial charge < -0.3 is 19.4 Å². The lowest BCUT2D eigenvalue weighted by Crippen LogP contribution is -2.36. The Bertz CT molecular complexity index is 1730. The van der Waals surface area contributed by atoms with E-state index in [2.05, 4.69) is 33.2 Å². The highest BCUT2D eigenvalue weighted by atomic mass is 32.1. The molecule has 0 saturated carbocycles. The Morgan fingerprint density at radius 1 is 1.05 bits per heavy atom. The van der Waals surface area contributed by atoms with Gasteiger partial charge in [0.2, 0.25) is 11.4 Å². The number of benzene rings is 1. The third-order valence-electron chi connectivity index (χ3n) is 7.67. The van der Waals surface area contributed by atoms with Crippen molar-refractivity contribution in [1.82, 2.24) is 24.6 Å². The van der Waals surface area contributed by atoms with Crippen molar-refractivity contribution in [3.8, 4) is 16.9 Å². The van der Waals surface area contributed by atoms with E-state index >= 15 is 0 Å². The van der Waals surface area contributed by atoms with Gasteiger partial charge in [-0.25, -0.2) is 9.67 Å².